The summed E-state index contributed by atoms with van der Waals surface area (Å²) in [5.74, 6) is 0. The largest absolute Gasteiger partial charge is 0.456 e. The van der Waals surface area contributed by atoms with Crippen molar-refractivity contribution in [2.75, 3.05) is 4.90 Å². The Morgan fingerprint density at radius 1 is 0.344 bits per heavy atom. The van der Waals surface area contributed by atoms with Gasteiger partial charge in [0.2, 0.25) is 0 Å². The predicted molar refractivity (Wildman–Crippen MR) is 257 cm³/mol. The van der Waals surface area contributed by atoms with E-state index in [9.17, 15) is 0 Å². The maximum absolute atomic E-state index is 6.37. The second-order valence-electron chi connectivity index (χ2n) is 15.7. The minimum Gasteiger partial charge on any atom is -0.456 e. The average molecular weight is 779 g/mol. The van der Waals surface area contributed by atoms with Crippen LogP contribution in [-0.4, -0.2) is 4.57 Å². The molecular weight excluding hydrogens is 741 g/mol. The highest BCUT2D eigenvalue weighted by molar-refractivity contribution is 6.12. The number of hydrogen-bond donors (Lipinski definition) is 0. The first kappa shape index (κ1) is 34.9. The SMILES string of the molecule is c1ccc(-c2cccc3cccc(-c4ccccc4N(c4cccc(-c5ccc6c(c5)oc5ccccc56)c4)c4ccc5c(c4)c4ccccc4n5-c4ccccc4)c23)cc1. The van der Waals surface area contributed by atoms with Crippen LogP contribution in [0, 0.1) is 0 Å². The van der Waals surface area contributed by atoms with Crippen molar-refractivity contribution in [1.82, 2.24) is 4.57 Å². The Morgan fingerprint density at radius 3 is 1.84 bits per heavy atom. The van der Waals surface area contributed by atoms with Crippen molar-refractivity contribution in [1.29, 1.82) is 0 Å². The molecule has 2 heterocycles. The van der Waals surface area contributed by atoms with E-state index in [-0.39, 0.29) is 0 Å². The van der Waals surface area contributed by atoms with Gasteiger partial charge in [0.15, 0.2) is 0 Å². The van der Waals surface area contributed by atoms with E-state index in [2.05, 4.69) is 228 Å². The normalized spacial score (nSPS) is 11.6. The summed E-state index contributed by atoms with van der Waals surface area (Å²) in [7, 11) is 0. The zero-order chi connectivity index (χ0) is 40.3. The highest BCUT2D eigenvalue weighted by atomic mass is 16.3. The van der Waals surface area contributed by atoms with Gasteiger partial charge in [0, 0.05) is 44.2 Å². The molecule has 0 unspecified atom stereocenters. The van der Waals surface area contributed by atoms with Crippen molar-refractivity contribution < 1.29 is 4.42 Å². The monoisotopic (exact) mass is 778 g/mol. The van der Waals surface area contributed by atoms with Crippen LogP contribution in [0.5, 0.6) is 0 Å². The molecule has 0 aliphatic rings. The van der Waals surface area contributed by atoms with Crippen LogP contribution in [0.1, 0.15) is 0 Å². The van der Waals surface area contributed by atoms with Crippen molar-refractivity contribution in [3.8, 4) is 39.1 Å². The second-order valence-corrected chi connectivity index (χ2v) is 15.7. The van der Waals surface area contributed by atoms with Crippen LogP contribution in [0.15, 0.2) is 235 Å². The molecule has 3 nitrogen and oxygen atoms in total. The molecule has 61 heavy (non-hydrogen) atoms. The number of aromatic nitrogens is 1. The van der Waals surface area contributed by atoms with Gasteiger partial charge in [0.1, 0.15) is 11.2 Å². The Kier molecular flexibility index (Phi) is 8.17. The number of nitrogens with zero attached hydrogens (tertiary/aromatic N) is 2. The van der Waals surface area contributed by atoms with Crippen LogP contribution in [0.2, 0.25) is 0 Å². The van der Waals surface area contributed by atoms with Crippen LogP contribution in [0.25, 0.3) is 93.6 Å². The Bertz CT molecular complexity index is 3590. The number of rotatable bonds is 7. The van der Waals surface area contributed by atoms with Crippen molar-refractivity contribution in [2.24, 2.45) is 0 Å². The molecule has 0 amide bonds. The first-order valence-corrected chi connectivity index (χ1v) is 20.8. The van der Waals surface area contributed by atoms with Crippen LogP contribution in [-0.2, 0) is 0 Å². The third-order valence-corrected chi connectivity index (χ3v) is 12.2. The fourth-order valence-corrected chi connectivity index (χ4v) is 9.43. The summed E-state index contributed by atoms with van der Waals surface area (Å²) in [5, 5.41) is 7.11. The third kappa shape index (κ3) is 5.82. The highest BCUT2D eigenvalue weighted by Gasteiger charge is 2.22. The molecule has 0 fully saturated rings. The van der Waals surface area contributed by atoms with E-state index in [0.29, 0.717) is 0 Å². The van der Waals surface area contributed by atoms with Crippen molar-refractivity contribution in [3.05, 3.63) is 231 Å². The molecule has 0 radical (unpaired) electrons. The molecule has 0 aliphatic carbocycles. The van der Waals surface area contributed by atoms with Gasteiger partial charge in [-0.25, -0.2) is 0 Å². The topological polar surface area (TPSA) is 21.3 Å². The lowest BCUT2D eigenvalue weighted by molar-refractivity contribution is 0.669. The van der Waals surface area contributed by atoms with Gasteiger partial charge >= 0.3 is 0 Å². The summed E-state index contributed by atoms with van der Waals surface area (Å²) in [4.78, 5) is 2.44. The summed E-state index contributed by atoms with van der Waals surface area (Å²) in [6.45, 7) is 0. The quantitative estimate of drug-likeness (QED) is 0.161. The first-order valence-electron chi connectivity index (χ1n) is 20.8. The lowest BCUT2D eigenvalue weighted by Crippen LogP contribution is -2.11. The van der Waals surface area contributed by atoms with E-state index in [4.69, 9.17) is 4.42 Å². The third-order valence-electron chi connectivity index (χ3n) is 12.2. The van der Waals surface area contributed by atoms with E-state index in [1.54, 1.807) is 0 Å². The summed E-state index contributed by atoms with van der Waals surface area (Å²) < 4.78 is 8.75. The molecule has 12 rings (SSSR count). The van der Waals surface area contributed by atoms with Crippen molar-refractivity contribution >= 4 is 71.6 Å². The number of para-hydroxylation sites is 4. The average Bonchev–Trinajstić information content (AvgIpc) is 3.87. The van der Waals surface area contributed by atoms with E-state index in [1.165, 1.54) is 49.3 Å². The molecule has 12 aromatic rings. The van der Waals surface area contributed by atoms with Gasteiger partial charge in [-0.15, -0.1) is 0 Å². The summed E-state index contributed by atoms with van der Waals surface area (Å²) >= 11 is 0. The van der Waals surface area contributed by atoms with Crippen LogP contribution in [0.4, 0.5) is 17.1 Å². The van der Waals surface area contributed by atoms with E-state index in [1.807, 2.05) is 12.1 Å². The second kappa shape index (κ2) is 14.3. The fourth-order valence-electron chi connectivity index (χ4n) is 9.43. The maximum atomic E-state index is 6.37. The van der Waals surface area contributed by atoms with Crippen LogP contribution in [0.3, 0.4) is 0 Å². The Labute approximate surface area is 353 Å². The van der Waals surface area contributed by atoms with E-state index < -0.39 is 0 Å². The standard InChI is InChI=1S/C58H38N2O/c1-3-16-39(17-4-1)46-27-14-18-40-19-15-28-51(58(40)46)47-24-7-10-29-53(47)59(44-23-13-20-41(36-44)42-32-34-50-49-26-9-12-31-56(49)61-57(50)37-42)45-33-35-55-52(38-45)48-25-8-11-30-54(48)60(55)43-21-5-2-6-22-43/h1-38H. The lowest BCUT2D eigenvalue weighted by atomic mass is 9.90. The first-order chi connectivity index (χ1) is 30.3. The van der Waals surface area contributed by atoms with Gasteiger partial charge in [0.05, 0.1) is 16.7 Å². The number of furan rings is 1. The van der Waals surface area contributed by atoms with Gasteiger partial charge in [-0.1, -0.05) is 158 Å². The minimum absolute atomic E-state index is 0.886. The molecular formula is C58H38N2O. The summed E-state index contributed by atoms with van der Waals surface area (Å²) in [6.07, 6.45) is 0. The molecule has 0 atom stereocenters. The van der Waals surface area contributed by atoms with Gasteiger partial charge in [-0.05, 0) is 111 Å². The predicted octanol–water partition coefficient (Wildman–Crippen LogP) is 16.3. The fraction of sp³-hybridized carbons (Fsp3) is 0. The van der Waals surface area contributed by atoms with Crippen LogP contribution >= 0.6 is 0 Å². The smallest absolute Gasteiger partial charge is 0.136 e. The number of anilines is 3. The van der Waals surface area contributed by atoms with Crippen LogP contribution < -0.4 is 4.90 Å². The van der Waals surface area contributed by atoms with Crippen molar-refractivity contribution in [3.63, 3.8) is 0 Å². The van der Waals surface area contributed by atoms with E-state index >= 15 is 0 Å². The molecule has 0 saturated carbocycles. The molecule has 3 heteroatoms. The number of benzene rings is 10. The Balaban J connectivity index is 1.10. The molecule has 10 aromatic carbocycles. The summed E-state index contributed by atoms with van der Waals surface area (Å²) in [6, 6.07) is 83.1. The lowest BCUT2D eigenvalue weighted by Gasteiger charge is -2.29. The maximum Gasteiger partial charge on any atom is 0.136 e. The number of fused-ring (bicyclic) bond motifs is 7. The molecule has 286 valence electrons. The Hall–Kier alpha value is -8.14. The zero-order valence-electron chi connectivity index (χ0n) is 33.2. The molecule has 0 spiro atoms. The van der Waals surface area contributed by atoms with Gasteiger partial charge < -0.3 is 13.9 Å². The molecule has 0 aliphatic heterocycles. The molecule has 0 N–H and O–H groups in total. The highest BCUT2D eigenvalue weighted by Crippen LogP contribution is 2.47. The molecule has 2 aromatic heterocycles. The molecule has 0 bridgehead atoms. The van der Waals surface area contributed by atoms with Gasteiger partial charge in [-0.3, -0.25) is 0 Å². The zero-order valence-corrected chi connectivity index (χ0v) is 33.2. The Morgan fingerprint density at radius 2 is 0.967 bits per heavy atom. The van der Waals surface area contributed by atoms with Gasteiger partial charge in [0.25, 0.3) is 0 Å². The van der Waals surface area contributed by atoms with Gasteiger partial charge in [-0.2, -0.15) is 0 Å². The summed E-state index contributed by atoms with van der Waals surface area (Å²) in [5.41, 5.74) is 15.5. The number of hydrogen-bond acceptors (Lipinski definition) is 2. The van der Waals surface area contributed by atoms with Crippen molar-refractivity contribution in [2.45, 2.75) is 0 Å². The van der Waals surface area contributed by atoms with E-state index in [0.717, 1.165) is 61.4 Å². The molecule has 0 saturated heterocycles. The minimum atomic E-state index is 0.886.